The number of phenols is 1. The Kier molecular flexibility index (Phi) is 4.40. The Hall–Kier alpha value is -0.980. The molecule has 0 radical (unpaired) electrons. The van der Waals surface area contributed by atoms with E-state index in [0.717, 1.165) is 24.8 Å². The molecule has 1 N–H and O–H groups in total. The molecule has 0 bridgehead atoms. The maximum atomic E-state index is 9.98. The summed E-state index contributed by atoms with van der Waals surface area (Å²) in [5.74, 6) is 0.465. The van der Waals surface area contributed by atoms with Gasteiger partial charge in [0, 0.05) is 0 Å². The lowest BCUT2D eigenvalue weighted by Gasteiger charge is -2.24. The normalized spacial score (nSPS) is 11.8. The van der Waals surface area contributed by atoms with Gasteiger partial charge in [0.1, 0.15) is 5.75 Å². The lowest BCUT2D eigenvalue weighted by atomic mass is 9.81. The van der Waals surface area contributed by atoms with Crippen LogP contribution in [0, 0.1) is 0 Å². The second-order valence-electron chi connectivity index (χ2n) is 5.18. The van der Waals surface area contributed by atoms with Crippen molar-refractivity contribution in [2.45, 2.75) is 58.8 Å². The van der Waals surface area contributed by atoms with Gasteiger partial charge in [-0.2, -0.15) is 0 Å². The summed E-state index contributed by atoms with van der Waals surface area (Å²) in [4.78, 5) is 0. The summed E-state index contributed by atoms with van der Waals surface area (Å²) in [6.45, 7) is 8.79. The Morgan fingerprint density at radius 3 is 2.38 bits per heavy atom. The topological polar surface area (TPSA) is 20.2 Å². The maximum absolute atomic E-state index is 9.98. The van der Waals surface area contributed by atoms with E-state index in [0.29, 0.717) is 5.75 Å². The minimum atomic E-state index is 0.154. The van der Waals surface area contributed by atoms with Crippen molar-refractivity contribution in [3.8, 4) is 5.75 Å². The molecule has 0 aliphatic rings. The average molecular weight is 220 g/mol. The number of aromatic hydroxyl groups is 1. The Bertz CT molecular complexity index is 339. The fraction of sp³-hybridized carbons (Fsp3) is 0.600. The molecule has 0 saturated heterocycles. The van der Waals surface area contributed by atoms with Gasteiger partial charge < -0.3 is 5.11 Å². The van der Waals surface area contributed by atoms with Gasteiger partial charge >= 0.3 is 0 Å². The molecule has 1 heteroatoms. The van der Waals surface area contributed by atoms with Gasteiger partial charge in [0.25, 0.3) is 0 Å². The van der Waals surface area contributed by atoms with Crippen LogP contribution < -0.4 is 0 Å². The third-order valence-corrected chi connectivity index (χ3v) is 3.55. The SMILES string of the molecule is CCCCc1ccc(C(C)(C)CC)cc1O. The highest BCUT2D eigenvalue weighted by Gasteiger charge is 2.18. The monoisotopic (exact) mass is 220 g/mol. The second kappa shape index (κ2) is 5.38. The summed E-state index contributed by atoms with van der Waals surface area (Å²) < 4.78 is 0. The molecule has 0 unspecified atom stereocenters. The summed E-state index contributed by atoms with van der Waals surface area (Å²) in [7, 11) is 0. The Labute approximate surface area is 99.5 Å². The number of unbranched alkanes of at least 4 members (excludes halogenated alkanes) is 1. The summed E-state index contributed by atoms with van der Waals surface area (Å²) in [6.07, 6.45) is 4.38. The molecular weight excluding hydrogens is 196 g/mol. The number of aryl methyl sites for hydroxylation is 1. The lowest BCUT2D eigenvalue weighted by Crippen LogP contribution is -2.15. The first-order valence-electron chi connectivity index (χ1n) is 6.33. The fourth-order valence-corrected chi connectivity index (χ4v) is 1.77. The molecule has 90 valence electrons. The van der Waals surface area contributed by atoms with Gasteiger partial charge in [-0.05, 0) is 41.9 Å². The highest BCUT2D eigenvalue weighted by Crippen LogP contribution is 2.31. The highest BCUT2D eigenvalue weighted by atomic mass is 16.3. The van der Waals surface area contributed by atoms with E-state index in [1.54, 1.807) is 0 Å². The van der Waals surface area contributed by atoms with Crippen LogP contribution in [0.1, 0.15) is 58.1 Å². The number of benzene rings is 1. The van der Waals surface area contributed by atoms with Gasteiger partial charge in [-0.15, -0.1) is 0 Å². The Morgan fingerprint density at radius 1 is 1.19 bits per heavy atom. The second-order valence-corrected chi connectivity index (χ2v) is 5.18. The fourth-order valence-electron chi connectivity index (χ4n) is 1.77. The summed E-state index contributed by atoms with van der Waals surface area (Å²) in [5.41, 5.74) is 2.46. The minimum absolute atomic E-state index is 0.154. The van der Waals surface area contributed by atoms with Crippen molar-refractivity contribution in [2.24, 2.45) is 0 Å². The smallest absolute Gasteiger partial charge is 0.119 e. The first kappa shape index (κ1) is 13.1. The van der Waals surface area contributed by atoms with E-state index in [1.807, 2.05) is 6.07 Å². The minimum Gasteiger partial charge on any atom is -0.508 e. The molecule has 1 nitrogen and oxygen atoms in total. The number of phenolic OH excluding ortho intramolecular Hbond substituents is 1. The summed E-state index contributed by atoms with van der Waals surface area (Å²) >= 11 is 0. The van der Waals surface area contributed by atoms with Crippen LogP contribution in [0.25, 0.3) is 0 Å². The van der Waals surface area contributed by atoms with E-state index in [2.05, 4.69) is 39.8 Å². The van der Waals surface area contributed by atoms with Crippen molar-refractivity contribution in [3.05, 3.63) is 29.3 Å². The molecule has 0 spiro atoms. The molecular formula is C15H24O. The first-order valence-corrected chi connectivity index (χ1v) is 6.33. The molecule has 1 aromatic carbocycles. The molecule has 0 heterocycles. The van der Waals surface area contributed by atoms with Crippen molar-refractivity contribution in [2.75, 3.05) is 0 Å². The zero-order valence-electron chi connectivity index (χ0n) is 11.0. The van der Waals surface area contributed by atoms with E-state index >= 15 is 0 Å². The molecule has 0 aromatic heterocycles. The van der Waals surface area contributed by atoms with E-state index in [9.17, 15) is 5.11 Å². The van der Waals surface area contributed by atoms with Crippen LogP contribution in [-0.4, -0.2) is 5.11 Å². The van der Waals surface area contributed by atoms with E-state index in [4.69, 9.17) is 0 Å². The van der Waals surface area contributed by atoms with E-state index in [-0.39, 0.29) is 5.41 Å². The molecule has 0 amide bonds. The first-order chi connectivity index (χ1) is 7.51. The van der Waals surface area contributed by atoms with Crippen molar-refractivity contribution >= 4 is 0 Å². The molecule has 0 aliphatic carbocycles. The van der Waals surface area contributed by atoms with E-state index < -0.39 is 0 Å². The van der Waals surface area contributed by atoms with Crippen LogP contribution in [0.4, 0.5) is 0 Å². The van der Waals surface area contributed by atoms with Gasteiger partial charge in [0.15, 0.2) is 0 Å². The third kappa shape index (κ3) is 3.01. The molecule has 16 heavy (non-hydrogen) atoms. The number of rotatable bonds is 5. The van der Waals surface area contributed by atoms with Gasteiger partial charge in [0.2, 0.25) is 0 Å². The van der Waals surface area contributed by atoms with Crippen molar-refractivity contribution in [1.82, 2.24) is 0 Å². The van der Waals surface area contributed by atoms with Crippen LogP contribution in [0.15, 0.2) is 18.2 Å². The predicted octanol–water partition coefficient (Wildman–Crippen LogP) is 4.42. The van der Waals surface area contributed by atoms with Crippen molar-refractivity contribution in [3.63, 3.8) is 0 Å². The predicted molar refractivity (Wildman–Crippen MR) is 70.0 cm³/mol. The maximum Gasteiger partial charge on any atom is 0.119 e. The zero-order chi connectivity index (χ0) is 12.2. The molecule has 0 saturated carbocycles. The van der Waals surface area contributed by atoms with Crippen molar-refractivity contribution < 1.29 is 5.11 Å². The molecule has 1 rings (SSSR count). The molecule has 0 atom stereocenters. The largest absolute Gasteiger partial charge is 0.508 e. The van der Waals surface area contributed by atoms with Gasteiger partial charge in [-0.25, -0.2) is 0 Å². The van der Waals surface area contributed by atoms with E-state index in [1.165, 1.54) is 12.0 Å². The van der Waals surface area contributed by atoms with Crippen LogP contribution in [0.3, 0.4) is 0 Å². The van der Waals surface area contributed by atoms with Crippen LogP contribution >= 0.6 is 0 Å². The molecule has 1 aromatic rings. The average Bonchev–Trinajstić information content (AvgIpc) is 2.27. The molecule has 0 fully saturated rings. The van der Waals surface area contributed by atoms with Crippen LogP contribution in [0.5, 0.6) is 5.75 Å². The Balaban J connectivity index is 2.90. The third-order valence-electron chi connectivity index (χ3n) is 3.55. The Morgan fingerprint density at radius 2 is 1.88 bits per heavy atom. The summed E-state index contributed by atoms with van der Waals surface area (Å²) in [6, 6.07) is 6.18. The van der Waals surface area contributed by atoms with Gasteiger partial charge in [-0.1, -0.05) is 46.2 Å². The van der Waals surface area contributed by atoms with Gasteiger partial charge in [-0.3, -0.25) is 0 Å². The van der Waals surface area contributed by atoms with Crippen LogP contribution in [-0.2, 0) is 11.8 Å². The molecule has 0 aliphatic heterocycles. The highest BCUT2D eigenvalue weighted by molar-refractivity contribution is 5.39. The standard InChI is InChI=1S/C15H24O/c1-5-7-8-12-9-10-13(11-14(12)16)15(3,4)6-2/h9-11,16H,5-8H2,1-4H3. The van der Waals surface area contributed by atoms with Crippen LogP contribution in [0.2, 0.25) is 0 Å². The van der Waals surface area contributed by atoms with Gasteiger partial charge in [0.05, 0.1) is 0 Å². The summed E-state index contributed by atoms with van der Waals surface area (Å²) in [5, 5.41) is 9.98. The van der Waals surface area contributed by atoms with Crippen molar-refractivity contribution in [1.29, 1.82) is 0 Å². The quantitative estimate of drug-likeness (QED) is 0.778. The lowest BCUT2D eigenvalue weighted by molar-refractivity contribution is 0.457. The number of hydrogen-bond donors (Lipinski definition) is 1. The number of hydrogen-bond acceptors (Lipinski definition) is 1. The zero-order valence-corrected chi connectivity index (χ0v) is 11.0.